The van der Waals surface area contributed by atoms with Gasteiger partial charge in [0.1, 0.15) is 6.54 Å². The van der Waals surface area contributed by atoms with E-state index in [1.165, 1.54) is 0 Å². The number of hydrogen-bond acceptors (Lipinski definition) is 4. The number of hydrogen-bond donors (Lipinski definition) is 1. The maximum atomic E-state index is 11.1. The normalized spacial score (nSPS) is 12.6. The van der Waals surface area contributed by atoms with Crippen LogP contribution in [0.3, 0.4) is 0 Å². The molecule has 0 amide bonds. The van der Waals surface area contributed by atoms with Crippen LogP contribution in [-0.4, -0.2) is 75.8 Å². The molecule has 0 spiro atoms. The zero-order valence-electron chi connectivity index (χ0n) is 17.2. The summed E-state index contributed by atoms with van der Waals surface area (Å²) in [5.41, 5.74) is 0. The summed E-state index contributed by atoms with van der Waals surface area (Å²) in [5.74, 6) is -0.155. The van der Waals surface area contributed by atoms with E-state index in [1.54, 1.807) is 0 Å². The summed E-state index contributed by atoms with van der Waals surface area (Å²) in [7, 11) is -3.89. The molecule has 0 rings (SSSR count). The molecule has 0 fully saturated rings. The first-order valence-electron chi connectivity index (χ1n) is 10.3. The molecule has 0 aromatic carbocycles. The van der Waals surface area contributed by atoms with Crippen LogP contribution in [0.2, 0.25) is 0 Å². The van der Waals surface area contributed by atoms with E-state index in [4.69, 9.17) is 14.0 Å². The molecule has 1 N–H and O–H groups in total. The topological polar surface area (TPSA) is 72.8 Å². The number of quaternary nitrogens is 1. The zero-order valence-corrected chi connectivity index (χ0v) is 18.1. The van der Waals surface area contributed by atoms with Crippen LogP contribution >= 0.6 is 0 Å². The van der Waals surface area contributed by atoms with Crippen molar-refractivity contribution in [3.8, 4) is 0 Å². The van der Waals surface area contributed by atoms with Gasteiger partial charge in [-0.2, -0.15) is 8.42 Å². The van der Waals surface area contributed by atoms with E-state index in [2.05, 4.69) is 20.8 Å². The van der Waals surface area contributed by atoms with E-state index in [0.717, 1.165) is 75.8 Å². The second-order valence-corrected chi connectivity index (χ2v) is 8.73. The van der Waals surface area contributed by atoms with Gasteiger partial charge in [0.15, 0.2) is 0 Å². The quantitative estimate of drug-likeness (QED) is 0.205. The van der Waals surface area contributed by atoms with E-state index in [1.807, 2.05) is 0 Å². The maximum Gasteiger partial charge on any atom is 0.265 e. The van der Waals surface area contributed by atoms with Crippen molar-refractivity contribution < 1.29 is 26.9 Å². The molecule has 0 aliphatic carbocycles. The van der Waals surface area contributed by atoms with E-state index < -0.39 is 10.1 Å². The minimum absolute atomic E-state index is 0.155. The molecule has 0 saturated heterocycles. The highest BCUT2D eigenvalue weighted by Gasteiger charge is 2.26. The largest absolute Gasteiger partial charge is 0.379 e. The smallest absolute Gasteiger partial charge is 0.265 e. The van der Waals surface area contributed by atoms with Crippen molar-refractivity contribution in [3.63, 3.8) is 0 Å². The molecule has 0 radical (unpaired) electrons. The molecule has 0 atom stereocenters. The first-order valence-corrected chi connectivity index (χ1v) is 12.0. The van der Waals surface area contributed by atoms with E-state index in [0.29, 0.717) is 26.2 Å². The highest BCUT2D eigenvalue weighted by atomic mass is 32.2. The first-order chi connectivity index (χ1) is 12.4. The Morgan fingerprint density at radius 2 is 1.19 bits per heavy atom. The Labute approximate surface area is 161 Å². The SMILES string of the molecule is CCCCOCCOCC[N+](CCCC)(CCCC)CCCS(=O)(=O)O. The Morgan fingerprint density at radius 3 is 1.69 bits per heavy atom. The van der Waals surface area contributed by atoms with Gasteiger partial charge in [-0.05, 0) is 19.3 Å². The summed E-state index contributed by atoms with van der Waals surface area (Å²) >= 11 is 0. The van der Waals surface area contributed by atoms with Crippen LogP contribution in [0.15, 0.2) is 0 Å². The maximum absolute atomic E-state index is 11.1. The van der Waals surface area contributed by atoms with Crippen molar-refractivity contribution >= 4 is 10.1 Å². The minimum Gasteiger partial charge on any atom is -0.379 e. The highest BCUT2D eigenvalue weighted by Crippen LogP contribution is 2.14. The van der Waals surface area contributed by atoms with Gasteiger partial charge in [-0.15, -0.1) is 0 Å². The minimum atomic E-state index is -3.89. The average Bonchev–Trinajstić information content (AvgIpc) is 2.59. The van der Waals surface area contributed by atoms with Gasteiger partial charge in [0, 0.05) is 13.0 Å². The summed E-state index contributed by atoms with van der Waals surface area (Å²) in [4.78, 5) is 0. The van der Waals surface area contributed by atoms with Crippen LogP contribution in [0.4, 0.5) is 0 Å². The van der Waals surface area contributed by atoms with Crippen LogP contribution in [0, 0.1) is 0 Å². The molecular weight excluding hydrogens is 354 g/mol. The lowest BCUT2D eigenvalue weighted by Gasteiger charge is -2.39. The lowest BCUT2D eigenvalue weighted by molar-refractivity contribution is -0.929. The highest BCUT2D eigenvalue weighted by molar-refractivity contribution is 7.85. The lowest BCUT2D eigenvalue weighted by Crippen LogP contribution is -2.52. The Balaban J connectivity index is 4.46. The van der Waals surface area contributed by atoms with Gasteiger partial charge in [0.2, 0.25) is 0 Å². The summed E-state index contributed by atoms with van der Waals surface area (Å²) in [6.45, 7) is 12.9. The second-order valence-electron chi connectivity index (χ2n) is 7.16. The van der Waals surface area contributed by atoms with Gasteiger partial charge < -0.3 is 14.0 Å². The van der Waals surface area contributed by atoms with Gasteiger partial charge in [0.25, 0.3) is 10.1 Å². The van der Waals surface area contributed by atoms with Gasteiger partial charge in [0.05, 0.1) is 45.2 Å². The van der Waals surface area contributed by atoms with Crippen molar-refractivity contribution in [1.82, 2.24) is 0 Å². The fourth-order valence-electron chi connectivity index (χ4n) is 3.07. The molecule has 0 aromatic heterocycles. The molecule has 158 valence electrons. The van der Waals surface area contributed by atoms with Crippen LogP contribution in [-0.2, 0) is 19.6 Å². The number of unbranched alkanes of at least 4 members (excludes halogenated alkanes) is 3. The molecule has 6 nitrogen and oxygen atoms in total. The van der Waals surface area contributed by atoms with Crippen LogP contribution < -0.4 is 0 Å². The first kappa shape index (κ1) is 25.8. The van der Waals surface area contributed by atoms with Gasteiger partial charge in [-0.1, -0.05) is 40.0 Å². The molecule has 0 bridgehead atoms. The van der Waals surface area contributed by atoms with Crippen molar-refractivity contribution in [1.29, 1.82) is 0 Å². The van der Waals surface area contributed by atoms with Crippen molar-refractivity contribution in [2.45, 2.75) is 65.7 Å². The van der Waals surface area contributed by atoms with Gasteiger partial charge in [-0.25, -0.2) is 0 Å². The van der Waals surface area contributed by atoms with Crippen molar-refractivity contribution in [2.24, 2.45) is 0 Å². The molecule has 0 aliphatic heterocycles. The summed E-state index contributed by atoms with van der Waals surface area (Å²) in [6.07, 6.45) is 7.20. The summed E-state index contributed by atoms with van der Waals surface area (Å²) in [6, 6.07) is 0. The van der Waals surface area contributed by atoms with Crippen LogP contribution in [0.25, 0.3) is 0 Å². The summed E-state index contributed by atoms with van der Waals surface area (Å²) in [5, 5.41) is 0. The number of ether oxygens (including phenoxy) is 2. The number of rotatable bonds is 19. The molecule has 0 heterocycles. The third-order valence-electron chi connectivity index (χ3n) is 4.73. The van der Waals surface area contributed by atoms with E-state index in [-0.39, 0.29) is 5.75 Å². The van der Waals surface area contributed by atoms with Crippen molar-refractivity contribution in [3.05, 3.63) is 0 Å². The summed E-state index contributed by atoms with van der Waals surface area (Å²) < 4.78 is 43.3. The van der Waals surface area contributed by atoms with Crippen LogP contribution in [0.1, 0.15) is 65.7 Å². The lowest BCUT2D eigenvalue weighted by atomic mass is 10.2. The van der Waals surface area contributed by atoms with Gasteiger partial charge in [-0.3, -0.25) is 4.55 Å². The van der Waals surface area contributed by atoms with Crippen LogP contribution in [0.5, 0.6) is 0 Å². The monoisotopic (exact) mass is 396 g/mol. The Bertz CT molecular complexity index is 406. The fourth-order valence-corrected chi connectivity index (χ4v) is 3.56. The molecular formula is C19H42NO5S+. The fraction of sp³-hybridized carbons (Fsp3) is 1.00. The molecule has 7 heteroatoms. The predicted molar refractivity (Wildman–Crippen MR) is 107 cm³/mol. The molecule has 0 saturated carbocycles. The standard InChI is InChI=1S/C19H41NO5S/c1-4-7-11-20(12-8-5-2,13-10-19-26(21,22)23)14-16-25-18-17-24-15-9-6-3/h4-19H2,1-3H3/p+1. The van der Waals surface area contributed by atoms with E-state index >= 15 is 0 Å². The number of nitrogens with zero attached hydrogens (tertiary/aromatic N) is 1. The molecule has 0 aromatic rings. The average molecular weight is 397 g/mol. The molecule has 26 heavy (non-hydrogen) atoms. The molecule has 0 aliphatic rings. The van der Waals surface area contributed by atoms with E-state index in [9.17, 15) is 8.42 Å². The molecule has 0 unspecified atom stereocenters. The Kier molecular flexibility index (Phi) is 15.7. The zero-order chi connectivity index (χ0) is 19.7. The van der Waals surface area contributed by atoms with Gasteiger partial charge >= 0.3 is 0 Å². The predicted octanol–water partition coefficient (Wildman–Crippen LogP) is 3.51. The third-order valence-corrected chi connectivity index (χ3v) is 5.54. The third kappa shape index (κ3) is 14.9. The van der Waals surface area contributed by atoms with Crippen molar-refractivity contribution in [2.75, 3.05) is 58.4 Å². The Morgan fingerprint density at radius 1 is 0.692 bits per heavy atom. The second kappa shape index (κ2) is 15.8. The Hall–Kier alpha value is -0.210.